The molecule has 0 bridgehead atoms. The fourth-order valence-corrected chi connectivity index (χ4v) is 3.19. The SMILES string of the molecule is COc1ccc(/C=C(/NC(=O)c2ccccc2)C(=O)N/N=C/c2ccc(OC)c([N+](=O)[O-])c2)c(OC)c1. The van der Waals surface area contributed by atoms with Gasteiger partial charge in [-0.2, -0.15) is 5.10 Å². The lowest BCUT2D eigenvalue weighted by Gasteiger charge is -2.11. The van der Waals surface area contributed by atoms with Crippen LogP contribution in [0.5, 0.6) is 17.2 Å². The molecule has 0 aromatic heterocycles. The van der Waals surface area contributed by atoms with Crippen molar-refractivity contribution in [3.05, 3.63) is 99.2 Å². The molecule has 0 unspecified atom stereocenters. The minimum atomic E-state index is -0.735. The molecular formula is C26H24N4O7. The van der Waals surface area contributed by atoms with Crippen LogP contribution in [0.2, 0.25) is 0 Å². The van der Waals surface area contributed by atoms with E-state index >= 15 is 0 Å². The van der Waals surface area contributed by atoms with Crippen molar-refractivity contribution in [1.29, 1.82) is 0 Å². The molecule has 2 amide bonds. The number of carbonyl (C=O) groups is 2. The average molecular weight is 504 g/mol. The molecule has 0 aliphatic rings. The largest absolute Gasteiger partial charge is 0.497 e. The van der Waals surface area contributed by atoms with E-state index in [-0.39, 0.29) is 17.1 Å². The summed E-state index contributed by atoms with van der Waals surface area (Å²) in [6.45, 7) is 0. The van der Waals surface area contributed by atoms with E-state index in [1.165, 1.54) is 51.8 Å². The van der Waals surface area contributed by atoms with Crippen LogP contribution in [-0.4, -0.2) is 44.3 Å². The highest BCUT2D eigenvalue weighted by atomic mass is 16.6. The summed E-state index contributed by atoms with van der Waals surface area (Å²) in [5.74, 6) is -0.196. The van der Waals surface area contributed by atoms with Gasteiger partial charge in [0.15, 0.2) is 5.75 Å². The number of methoxy groups -OCH3 is 3. The minimum absolute atomic E-state index is 0.0912. The summed E-state index contributed by atoms with van der Waals surface area (Å²) in [5, 5.41) is 17.7. The maximum absolute atomic E-state index is 13.0. The zero-order chi connectivity index (χ0) is 26.8. The number of ether oxygens (including phenoxy) is 3. The van der Waals surface area contributed by atoms with Crippen molar-refractivity contribution >= 4 is 29.8 Å². The molecule has 3 aromatic rings. The van der Waals surface area contributed by atoms with Crippen molar-refractivity contribution in [1.82, 2.24) is 10.7 Å². The molecule has 3 rings (SSSR count). The number of nitro groups is 1. The van der Waals surface area contributed by atoms with Gasteiger partial charge in [0.25, 0.3) is 11.8 Å². The van der Waals surface area contributed by atoms with E-state index in [0.29, 0.717) is 28.2 Å². The number of nitrogens with one attached hydrogen (secondary N) is 2. The van der Waals surface area contributed by atoms with Gasteiger partial charge in [-0.15, -0.1) is 0 Å². The van der Waals surface area contributed by atoms with Crippen LogP contribution in [0.25, 0.3) is 6.08 Å². The predicted molar refractivity (Wildman–Crippen MR) is 137 cm³/mol. The first kappa shape index (κ1) is 26.4. The van der Waals surface area contributed by atoms with Gasteiger partial charge >= 0.3 is 5.69 Å². The number of amides is 2. The molecule has 11 heteroatoms. The van der Waals surface area contributed by atoms with E-state index in [0.717, 1.165) is 0 Å². The van der Waals surface area contributed by atoms with E-state index in [9.17, 15) is 19.7 Å². The highest BCUT2D eigenvalue weighted by molar-refractivity contribution is 6.05. The second-order valence-electron chi connectivity index (χ2n) is 7.37. The predicted octanol–water partition coefficient (Wildman–Crippen LogP) is 3.54. The molecule has 0 aliphatic heterocycles. The summed E-state index contributed by atoms with van der Waals surface area (Å²) in [6.07, 6.45) is 2.66. The molecule has 0 atom stereocenters. The van der Waals surface area contributed by atoms with E-state index in [2.05, 4.69) is 15.8 Å². The molecule has 0 saturated heterocycles. The van der Waals surface area contributed by atoms with Crippen molar-refractivity contribution in [3.63, 3.8) is 0 Å². The van der Waals surface area contributed by atoms with E-state index in [4.69, 9.17) is 14.2 Å². The maximum Gasteiger partial charge on any atom is 0.311 e. The lowest BCUT2D eigenvalue weighted by Crippen LogP contribution is -2.32. The zero-order valence-electron chi connectivity index (χ0n) is 20.3. The van der Waals surface area contributed by atoms with Gasteiger partial charge in [0.05, 0.1) is 32.5 Å². The third-order valence-corrected chi connectivity index (χ3v) is 5.05. The van der Waals surface area contributed by atoms with Gasteiger partial charge in [0.2, 0.25) is 0 Å². The molecule has 190 valence electrons. The monoisotopic (exact) mass is 504 g/mol. The molecule has 2 N–H and O–H groups in total. The number of hydrogen-bond donors (Lipinski definition) is 2. The van der Waals surface area contributed by atoms with Gasteiger partial charge < -0.3 is 19.5 Å². The fraction of sp³-hybridized carbons (Fsp3) is 0.115. The van der Waals surface area contributed by atoms with Gasteiger partial charge in [-0.3, -0.25) is 19.7 Å². The maximum atomic E-state index is 13.0. The first-order chi connectivity index (χ1) is 17.9. The number of nitrogens with zero attached hydrogens (tertiary/aromatic N) is 2. The quantitative estimate of drug-likeness (QED) is 0.186. The van der Waals surface area contributed by atoms with Crippen LogP contribution in [0.1, 0.15) is 21.5 Å². The van der Waals surface area contributed by atoms with Crippen molar-refractivity contribution in [3.8, 4) is 17.2 Å². The zero-order valence-corrected chi connectivity index (χ0v) is 20.3. The standard InChI is InChI=1S/C26H24N4O7/c1-35-20-11-10-19(24(15-20)37-3)14-21(28-25(31)18-7-5-4-6-8-18)26(32)29-27-16-17-9-12-23(36-2)22(13-17)30(33)34/h4-16H,1-3H3,(H,28,31)(H,29,32)/b21-14+,27-16+. The van der Waals surface area contributed by atoms with Crippen LogP contribution in [-0.2, 0) is 4.79 Å². The Labute approximate surface area is 212 Å². The Bertz CT molecular complexity index is 1350. The summed E-state index contributed by atoms with van der Waals surface area (Å²) in [5.41, 5.74) is 3.15. The molecule has 37 heavy (non-hydrogen) atoms. The number of hydrogen-bond acceptors (Lipinski definition) is 8. The molecule has 3 aromatic carbocycles. The van der Waals surface area contributed by atoms with Gasteiger partial charge in [0, 0.05) is 28.8 Å². The number of nitro benzene ring substituents is 1. The van der Waals surface area contributed by atoms with Crippen LogP contribution >= 0.6 is 0 Å². The summed E-state index contributed by atoms with van der Waals surface area (Å²) in [7, 11) is 4.30. The van der Waals surface area contributed by atoms with Crippen LogP contribution in [0.4, 0.5) is 5.69 Å². The van der Waals surface area contributed by atoms with Crippen molar-refractivity contribution in [2.24, 2.45) is 5.10 Å². The van der Waals surface area contributed by atoms with Gasteiger partial charge in [0.1, 0.15) is 17.2 Å². The Kier molecular flexibility index (Phi) is 8.92. The Balaban J connectivity index is 1.89. The lowest BCUT2D eigenvalue weighted by atomic mass is 10.1. The summed E-state index contributed by atoms with van der Waals surface area (Å²) < 4.78 is 15.6. The van der Waals surface area contributed by atoms with Crippen LogP contribution in [0, 0.1) is 10.1 Å². The number of benzene rings is 3. The van der Waals surface area contributed by atoms with E-state index in [1.54, 1.807) is 48.5 Å². The number of hydrazone groups is 1. The average Bonchev–Trinajstić information content (AvgIpc) is 2.92. The summed E-state index contributed by atoms with van der Waals surface area (Å²) in [6, 6.07) is 17.6. The highest BCUT2D eigenvalue weighted by Gasteiger charge is 2.17. The molecular weight excluding hydrogens is 480 g/mol. The van der Waals surface area contributed by atoms with E-state index in [1.807, 2.05) is 0 Å². The van der Waals surface area contributed by atoms with Gasteiger partial charge in [-0.05, 0) is 42.5 Å². The highest BCUT2D eigenvalue weighted by Crippen LogP contribution is 2.27. The molecule has 0 spiro atoms. The van der Waals surface area contributed by atoms with Gasteiger partial charge in [-0.1, -0.05) is 18.2 Å². The van der Waals surface area contributed by atoms with Crippen molar-refractivity contribution < 1.29 is 28.7 Å². The smallest absolute Gasteiger partial charge is 0.311 e. The molecule has 0 radical (unpaired) electrons. The Morgan fingerprint density at radius 3 is 2.30 bits per heavy atom. The molecule has 0 fully saturated rings. The topological polar surface area (TPSA) is 141 Å². The normalized spacial score (nSPS) is 11.1. The van der Waals surface area contributed by atoms with Crippen LogP contribution < -0.4 is 25.0 Å². The summed E-state index contributed by atoms with van der Waals surface area (Å²) in [4.78, 5) is 36.4. The first-order valence-electron chi connectivity index (χ1n) is 10.8. The van der Waals surface area contributed by atoms with Crippen LogP contribution in [0.15, 0.2) is 77.5 Å². The first-order valence-corrected chi connectivity index (χ1v) is 10.8. The third-order valence-electron chi connectivity index (χ3n) is 5.05. The summed E-state index contributed by atoms with van der Waals surface area (Å²) >= 11 is 0. The lowest BCUT2D eigenvalue weighted by molar-refractivity contribution is -0.385. The number of rotatable bonds is 10. The molecule has 0 saturated carbocycles. The second-order valence-corrected chi connectivity index (χ2v) is 7.37. The van der Waals surface area contributed by atoms with Crippen LogP contribution in [0.3, 0.4) is 0 Å². The molecule has 0 heterocycles. The molecule has 11 nitrogen and oxygen atoms in total. The van der Waals surface area contributed by atoms with E-state index < -0.39 is 16.7 Å². The fourth-order valence-electron chi connectivity index (χ4n) is 3.19. The van der Waals surface area contributed by atoms with Crippen molar-refractivity contribution in [2.45, 2.75) is 0 Å². The van der Waals surface area contributed by atoms with Gasteiger partial charge in [-0.25, -0.2) is 5.43 Å². The van der Waals surface area contributed by atoms with Crippen molar-refractivity contribution in [2.75, 3.05) is 21.3 Å². The Morgan fingerprint density at radius 2 is 1.65 bits per heavy atom. The minimum Gasteiger partial charge on any atom is -0.497 e. The molecule has 0 aliphatic carbocycles. The number of carbonyl (C=O) groups excluding carboxylic acids is 2. The third kappa shape index (κ3) is 6.92. The second kappa shape index (κ2) is 12.5. The Hall–Kier alpha value is -5.19. The Morgan fingerprint density at radius 1 is 0.919 bits per heavy atom.